The zero-order valence-corrected chi connectivity index (χ0v) is 18.8. The summed E-state index contributed by atoms with van der Waals surface area (Å²) in [4.78, 5) is 27.7. The highest BCUT2D eigenvalue weighted by molar-refractivity contribution is 5.88. The molecular weight excluding hydrogens is 376 g/mol. The molecule has 0 saturated heterocycles. The lowest BCUT2D eigenvalue weighted by atomic mass is 10.1. The van der Waals surface area contributed by atoms with Crippen molar-refractivity contribution >= 4 is 11.8 Å². The van der Waals surface area contributed by atoms with E-state index in [0.717, 1.165) is 23.1 Å². The average molecular weight is 411 g/mol. The molecule has 0 fully saturated rings. The highest BCUT2D eigenvalue weighted by Crippen LogP contribution is 2.16. The standard InChI is InChI=1S/C25H34N2O3/c1-6-20(5)26-25(29)23(7-2)27(16-21-10-8-9-19(4)15-21)24(28)17-30-22-13-11-18(3)12-14-22/h8-15,20,23H,6-7,16-17H2,1-5H3,(H,26,29)/t20-,23-/m1/s1. The molecule has 0 aromatic heterocycles. The Hall–Kier alpha value is -2.82. The molecule has 2 rings (SSSR count). The molecule has 2 aromatic carbocycles. The number of ether oxygens (including phenoxy) is 1. The highest BCUT2D eigenvalue weighted by atomic mass is 16.5. The van der Waals surface area contributed by atoms with Gasteiger partial charge in [-0.05, 0) is 51.3 Å². The molecular formula is C25H34N2O3. The summed E-state index contributed by atoms with van der Waals surface area (Å²) in [6, 6.07) is 15.1. The number of carbonyl (C=O) groups is 2. The summed E-state index contributed by atoms with van der Waals surface area (Å²) in [6.07, 6.45) is 1.37. The van der Waals surface area contributed by atoms with Gasteiger partial charge in [0.1, 0.15) is 11.8 Å². The second kappa shape index (κ2) is 11.4. The monoisotopic (exact) mass is 410 g/mol. The topological polar surface area (TPSA) is 58.6 Å². The maximum atomic E-state index is 13.2. The molecule has 0 aliphatic rings. The van der Waals surface area contributed by atoms with Gasteiger partial charge in [0.15, 0.2) is 6.61 Å². The maximum absolute atomic E-state index is 13.2. The molecule has 0 spiro atoms. The lowest BCUT2D eigenvalue weighted by Gasteiger charge is -2.31. The third-order valence-corrected chi connectivity index (χ3v) is 5.21. The second-order valence-electron chi connectivity index (χ2n) is 7.85. The molecule has 0 radical (unpaired) electrons. The van der Waals surface area contributed by atoms with E-state index in [0.29, 0.717) is 18.7 Å². The Morgan fingerprint density at radius 2 is 1.70 bits per heavy atom. The number of nitrogens with one attached hydrogen (secondary N) is 1. The number of benzene rings is 2. The average Bonchev–Trinajstić information content (AvgIpc) is 2.72. The number of aryl methyl sites for hydroxylation is 2. The normalized spacial score (nSPS) is 12.7. The zero-order valence-electron chi connectivity index (χ0n) is 18.8. The third kappa shape index (κ3) is 6.90. The van der Waals surface area contributed by atoms with Crippen LogP contribution in [0.15, 0.2) is 48.5 Å². The summed E-state index contributed by atoms with van der Waals surface area (Å²) in [7, 11) is 0. The van der Waals surface area contributed by atoms with Gasteiger partial charge in [-0.25, -0.2) is 0 Å². The van der Waals surface area contributed by atoms with Gasteiger partial charge in [-0.15, -0.1) is 0 Å². The molecule has 162 valence electrons. The van der Waals surface area contributed by atoms with Gasteiger partial charge in [-0.2, -0.15) is 0 Å². The number of carbonyl (C=O) groups excluding carboxylic acids is 2. The van der Waals surface area contributed by atoms with Gasteiger partial charge in [0, 0.05) is 12.6 Å². The molecule has 0 saturated carbocycles. The van der Waals surface area contributed by atoms with Crippen molar-refractivity contribution in [1.82, 2.24) is 10.2 Å². The molecule has 0 heterocycles. The third-order valence-electron chi connectivity index (χ3n) is 5.21. The van der Waals surface area contributed by atoms with Crippen LogP contribution in [0.2, 0.25) is 0 Å². The predicted molar refractivity (Wildman–Crippen MR) is 120 cm³/mol. The second-order valence-corrected chi connectivity index (χ2v) is 7.85. The van der Waals surface area contributed by atoms with E-state index in [9.17, 15) is 9.59 Å². The molecule has 30 heavy (non-hydrogen) atoms. The SMILES string of the molecule is CC[C@@H](C)NC(=O)[C@@H](CC)N(Cc1cccc(C)c1)C(=O)COc1ccc(C)cc1. The molecule has 5 nitrogen and oxygen atoms in total. The first kappa shape index (κ1) is 23.5. The van der Waals surface area contributed by atoms with E-state index in [1.807, 2.05) is 83.1 Å². The number of hydrogen-bond donors (Lipinski definition) is 1. The van der Waals surface area contributed by atoms with Crippen LogP contribution < -0.4 is 10.1 Å². The molecule has 0 aliphatic carbocycles. The number of hydrogen-bond acceptors (Lipinski definition) is 3. The van der Waals surface area contributed by atoms with Crippen LogP contribution in [0, 0.1) is 13.8 Å². The highest BCUT2D eigenvalue weighted by Gasteiger charge is 2.29. The van der Waals surface area contributed by atoms with Crippen LogP contribution in [-0.4, -0.2) is 35.4 Å². The van der Waals surface area contributed by atoms with Crippen molar-refractivity contribution in [2.45, 2.75) is 66.1 Å². The Kier molecular flexibility index (Phi) is 8.90. The van der Waals surface area contributed by atoms with Crippen LogP contribution >= 0.6 is 0 Å². The summed E-state index contributed by atoms with van der Waals surface area (Å²) in [6.45, 7) is 10.2. The van der Waals surface area contributed by atoms with Crippen molar-refractivity contribution in [2.75, 3.05) is 6.61 Å². The largest absolute Gasteiger partial charge is 0.484 e. The minimum absolute atomic E-state index is 0.0614. The van der Waals surface area contributed by atoms with E-state index in [1.165, 1.54) is 0 Å². The van der Waals surface area contributed by atoms with Crippen LogP contribution in [0.25, 0.3) is 0 Å². The van der Waals surface area contributed by atoms with E-state index in [1.54, 1.807) is 4.90 Å². The Bertz CT molecular complexity index is 833. The van der Waals surface area contributed by atoms with Crippen molar-refractivity contribution in [2.24, 2.45) is 0 Å². The Morgan fingerprint density at radius 1 is 1.00 bits per heavy atom. The Labute approximate surface area is 180 Å². The molecule has 0 unspecified atom stereocenters. The van der Waals surface area contributed by atoms with E-state index in [4.69, 9.17) is 4.74 Å². The van der Waals surface area contributed by atoms with Crippen LogP contribution in [-0.2, 0) is 16.1 Å². The van der Waals surface area contributed by atoms with Crippen molar-refractivity contribution in [1.29, 1.82) is 0 Å². The van der Waals surface area contributed by atoms with E-state index in [2.05, 4.69) is 5.32 Å². The first-order chi connectivity index (χ1) is 14.3. The quantitative estimate of drug-likeness (QED) is 0.631. The molecule has 2 atom stereocenters. The lowest BCUT2D eigenvalue weighted by Crippen LogP contribution is -2.51. The first-order valence-corrected chi connectivity index (χ1v) is 10.7. The summed E-state index contributed by atoms with van der Waals surface area (Å²) in [5, 5.41) is 3.02. The maximum Gasteiger partial charge on any atom is 0.261 e. The molecule has 0 bridgehead atoms. The molecule has 2 aromatic rings. The molecule has 1 N–H and O–H groups in total. The fraction of sp³-hybridized carbons (Fsp3) is 0.440. The fourth-order valence-corrected chi connectivity index (χ4v) is 3.23. The van der Waals surface area contributed by atoms with Crippen LogP contribution in [0.5, 0.6) is 5.75 Å². The van der Waals surface area contributed by atoms with Crippen molar-refractivity contribution in [3.05, 3.63) is 65.2 Å². The van der Waals surface area contributed by atoms with Crippen LogP contribution in [0.3, 0.4) is 0 Å². The van der Waals surface area contributed by atoms with Gasteiger partial charge in [0.2, 0.25) is 5.91 Å². The first-order valence-electron chi connectivity index (χ1n) is 10.7. The van der Waals surface area contributed by atoms with E-state index < -0.39 is 6.04 Å². The van der Waals surface area contributed by atoms with Gasteiger partial charge >= 0.3 is 0 Å². The van der Waals surface area contributed by atoms with E-state index in [-0.39, 0.29) is 24.5 Å². The van der Waals surface area contributed by atoms with Crippen molar-refractivity contribution in [3.63, 3.8) is 0 Å². The van der Waals surface area contributed by atoms with Gasteiger partial charge in [0.25, 0.3) is 5.91 Å². The minimum atomic E-state index is -0.548. The summed E-state index contributed by atoms with van der Waals surface area (Å²) in [5.41, 5.74) is 3.24. The molecule has 5 heteroatoms. The van der Waals surface area contributed by atoms with Gasteiger partial charge in [0.05, 0.1) is 0 Å². The summed E-state index contributed by atoms with van der Waals surface area (Å²) in [5.74, 6) is 0.313. The van der Waals surface area contributed by atoms with E-state index >= 15 is 0 Å². The van der Waals surface area contributed by atoms with Gasteiger partial charge in [-0.3, -0.25) is 9.59 Å². The minimum Gasteiger partial charge on any atom is -0.484 e. The fourth-order valence-electron chi connectivity index (χ4n) is 3.23. The smallest absolute Gasteiger partial charge is 0.261 e. The van der Waals surface area contributed by atoms with Gasteiger partial charge < -0.3 is 15.0 Å². The van der Waals surface area contributed by atoms with Crippen molar-refractivity contribution < 1.29 is 14.3 Å². The van der Waals surface area contributed by atoms with Crippen LogP contribution in [0.4, 0.5) is 0 Å². The predicted octanol–water partition coefficient (Wildman–Crippen LogP) is 4.40. The van der Waals surface area contributed by atoms with Crippen molar-refractivity contribution in [3.8, 4) is 5.75 Å². The Morgan fingerprint density at radius 3 is 2.30 bits per heavy atom. The van der Waals surface area contributed by atoms with Crippen LogP contribution in [0.1, 0.15) is 50.3 Å². The number of rotatable bonds is 10. The number of amides is 2. The molecule has 0 aliphatic heterocycles. The molecule has 2 amide bonds. The summed E-state index contributed by atoms with van der Waals surface area (Å²) < 4.78 is 5.72. The number of nitrogens with zero attached hydrogens (tertiary/aromatic N) is 1. The van der Waals surface area contributed by atoms with Gasteiger partial charge in [-0.1, -0.05) is 61.4 Å². The summed E-state index contributed by atoms with van der Waals surface area (Å²) >= 11 is 0. The zero-order chi connectivity index (χ0) is 22.1. The lowest BCUT2D eigenvalue weighted by molar-refractivity contribution is -0.143. The Balaban J connectivity index is 2.20.